The average molecular weight is 888 g/mol. The van der Waals surface area contributed by atoms with Gasteiger partial charge in [0.05, 0.1) is 17.9 Å². The summed E-state index contributed by atoms with van der Waals surface area (Å²) in [7, 11) is 4.75. The Morgan fingerprint density at radius 2 is 1.28 bits per heavy atom. The van der Waals surface area contributed by atoms with Crippen LogP contribution >= 0.6 is 48.9 Å². The molecule has 0 saturated carbocycles. The number of amides is 1. The van der Waals surface area contributed by atoms with Crippen LogP contribution in [0.25, 0.3) is 11.4 Å². The number of rotatable bonds is 14. The summed E-state index contributed by atoms with van der Waals surface area (Å²) < 4.78 is 15.6. The van der Waals surface area contributed by atoms with E-state index in [2.05, 4.69) is 30.6 Å². The highest BCUT2D eigenvalue weighted by Gasteiger charge is 2.38. The first-order chi connectivity index (χ1) is 28.8. The summed E-state index contributed by atoms with van der Waals surface area (Å²) in [6.07, 6.45) is -1.94. The molecule has 7 N–H and O–H groups in total. The predicted octanol–water partition coefficient (Wildman–Crippen LogP) is 7.24. The van der Waals surface area contributed by atoms with Crippen molar-refractivity contribution in [3.05, 3.63) is 133 Å². The molecule has 7 rings (SSSR count). The number of carbonyl (C=O) groups excluding carboxylic acids is 1. The molecule has 1 aliphatic rings. The lowest BCUT2D eigenvalue weighted by atomic mass is 9.95. The van der Waals surface area contributed by atoms with Gasteiger partial charge in [0.15, 0.2) is 31.3 Å². The van der Waals surface area contributed by atoms with Gasteiger partial charge in [-0.2, -0.15) is 0 Å². The number of anilines is 3. The van der Waals surface area contributed by atoms with Crippen molar-refractivity contribution in [1.29, 1.82) is 0 Å². The van der Waals surface area contributed by atoms with E-state index in [4.69, 9.17) is 58.3 Å². The number of aromatic nitrogens is 6. The SMILES string of the molecule is COC(C(=O)O)C1CN(CC(=O)Nc2ccc(-n3c(=S)[nH][nH]c3=S)cc2)c2ccccc21.COC(C(=O)O)c1ccc(N(C)Cc2ccc(-n3c(=S)[nH][nH]c3=S)cc2)cc1. The number of ether oxygens (including phenoxy) is 2. The third-order valence-corrected chi connectivity index (χ3v) is 10.9. The normalized spacial score (nSPS) is 14.1. The molecule has 0 saturated heterocycles. The van der Waals surface area contributed by atoms with Crippen molar-refractivity contribution < 1.29 is 34.1 Å². The maximum absolute atomic E-state index is 12.7. The van der Waals surface area contributed by atoms with E-state index in [1.54, 1.807) is 45.5 Å². The van der Waals surface area contributed by atoms with E-state index in [9.17, 15) is 24.6 Å². The van der Waals surface area contributed by atoms with Crippen molar-refractivity contribution in [3.63, 3.8) is 0 Å². The number of H-pyrrole nitrogens is 4. The second kappa shape index (κ2) is 19.4. The summed E-state index contributed by atoms with van der Waals surface area (Å²) in [5, 5.41) is 32.8. The molecule has 3 unspecified atom stereocenters. The number of carbonyl (C=O) groups is 3. The van der Waals surface area contributed by atoms with Crippen molar-refractivity contribution in [2.45, 2.75) is 24.7 Å². The minimum atomic E-state index is -1.03. The summed E-state index contributed by atoms with van der Waals surface area (Å²) in [4.78, 5) is 39.5. The highest BCUT2D eigenvalue weighted by atomic mass is 32.1. The first-order valence-corrected chi connectivity index (χ1v) is 19.9. The van der Waals surface area contributed by atoms with E-state index in [1.165, 1.54) is 14.2 Å². The number of fused-ring (bicyclic) bond motifs is 1. The number of hydrogen-bond donors (Lipinski definition) is 7. The largest absolute Gasteiger partial charge is 0.479 e. The molecule has 3 atom stereocenters. The van der Waals surface area contributed by atoms with Crippen LogP contribution in [0, 0.1) is 19.1 Å². The standard InChI is InChI=1S/C21H21N5O4S2.C19H20N4O3S2/c1-30-18(19(28)29)15-10-25(16-5-3-2-4-14(15)16)11-17(27)22-12-6-8-13(9-7-12)26-20(31)23-24-21(26)32;1-22(14-9-5-13(6-10-14)16(26-2)17(24)25)11-12-3-7-15(8-4-12)23-18(27)20-21-19(23)28/h2-9,15,18H,10-11H2,1H3,(H,22,27)(H,23,31)(H,24,32)(H,28,29);3-10,16H,11H2,1-2H3,(H,20,27)(H,21,28)(H,24,25). The molecule has 6 aromatic rings. The molecule has 0 spiro atoms. The molecule has 16 nitrogen and oxygen atoms in total. The monoisotopic (exact) mass is 887 g/mol. The van der Waals surface area contributed by atoms with Gasteiger partial charge in [-0.05, 0) is 120 Å². The second-order valence-corrected chi connectivity index (χ2v) is 15.1. The third kappa shape index (κ3) is 9.87. The van der Waals surface area contributed by atoms with Crippen molar-refractivity contribution in [3.8, 4) is 11.4 Å². The van der Waals surface area contributed by atoms with Gasteiger partial charge in [-0.3, -0.25) is 34.3 Å². The van der Waals surface area contributed by atoms with Gasteiger partial charge < -0.3 is 34.8 Å². The minimum absolute atomic E-state index is 0.0828. The average Bonchev–Trinajstić information content (AvgIpc) is 3.88. The van der Waals surface area contributed by atoms with Crippen LogP contribution in [0.3, 0.4) is 0 Å². The van der Waals surface area contributed by atoms with Crippen molar-refractivity contribution in [2.75, 3.05) is 49.5 Å². The van der Waals surface area contributed by atoms with Crippen LogP contribution in [0.5, 0.6) is 0 Å². The summed E-state index contributed by atoms with van der Waals surface area (Å²) in [6, 6.07) is 29.9. The summed E-state index contributed by atoms with van der Waals surface area (Å²) >= 11 is 20.9. The smallest absolute Gasteiger partial charge is 0.337 e. The Hall–Kier alpha value is -6.03. The van der Waals surface area contributed by atoms with Crippen LogP contribution in [0.1, 0.15) is 28.7 Å². The van der Waals surface area contributed by atoms with E-state index in [1.807, 2.05) is 72.6 Å². The Kier molecular flexibility index (Phi) is 14.0. The Balaban J connectivity index is 0.000000203. The number of benzene rings is 4. The summed E-state index contributed by atoms with van der Waals surface area (Å²) in [5.74, 6) is -2.61. The molecule has 0 aliphatic carbocycles. The van der Waals surface area contributed by atoms with Gasteiger partial charge in [0.1, 0.15) is 0 Å². The van der Waals surface area contributed by atoms with Crippen molar-refractivity contribution >= 4 is 83.8 Å². The van der Waals surface area contributed by atoms with E-state index in [0.29, 0.717) is 43.4 Å². The number of para-hydroxylation sites is 1. The van der Waals surface area contributed by atoms with E-state index < -0.39 is 24.1 Å². The first-order valence-electron chi connectivity index (χ1n) is 18.2. The zero-order valence-corrected chi connectivity index (χ0v) is 35.7. The fourth-order valence-corrected chi connectivity index (χ4v) is 8.03. The fraction of sp³-hybridized carbons (Fsp3) is 0.225. The van der Waals surface area contributed by atoms with Crippen LogP contribution < -0.4 is 15.1 Å². The molecule has 0 fully saturated rings. The molecule has 0 radical (unpaired) electrons. The van der Waals surface area contributed by atoms with Crippen molar-refractivity contribution in [2.24, 2.45) is 0 Å². The van der Waals surface area contributed by atoms with Gasteiger partial charge in [-0.1, -0.05) is 42.5 Å². The van der Waals surface area contributed by atoms with Gasteiger partial charge in [-0.25, -0.2) is 9.59 Å². The molecule has 0 bridgehead atoms. The van der Waals surface area contributed by atoms with E-state index >= 15 is 0 Å². The molecule has 3 heterocycles. The highest BCUT2D eigenvalue weighted by Crippen LogP contribution is 2.38. The molecule has 2 aromatic heterocycles. The molecular weight excluding hydrogens is 847 g/mol. The number of aliphatic carboxylic acids is 2. The van der Waals surface area contributed by atoms with Crippen LogP contribution in [-0.4, -0.2) is 98.0 Å². The Morgan fingerprint density at radius 3 is 1.78 bits per heavy atom. The van der Waals surface area contributed by atoms with Gasteiger partial charge in [0.2, 0.25) is 5.91 Å². The zero-order valence-electron chi connectivity index (χ0n) is 32.4. The van der Waals surface area contributed by atoms with E-state index in [-0.39, 0.29) is 18.4 Å². The number of carboxylic acids is 2. The van der Waals surface area contributed by atoms with Crippen LogP contribution in [0.4, 0.5) is 17.1 Å². The molecule has 1 aliphatic heterocycles. The van der Waals surface area contributed by atoms with E-state index in [0.717, 1.165) is 33.9 Å². The van der Waals surface area contributed by atoms with Gasteiger partial charge in [0.25, 0.3) is 0 Å². The Labute approximate surface area is 364 Å². The topological polar surface area (TPSA) is 202 Å². The minimum Gasteiger partial charge on any atom is -0.479 e. The number of carboxylic acid groups (broad SMARTS) is 2. The lowest BCUT2D eigenvalue weighted by Crippen LogP contribution is -2.36. The number of methoxy groups -OCH3 is 2. The van der Waals surface area contributed by atoms with Crippen LogP contribution in [-0.2, 0) is 30.4 Å². The number of hydrogen-bond acceptors (Lipinski definition) is 11. The quantitative estimate of drug-likeness (QED) is 0.0541. The Bertz CT molecular complexity index is 2650. The second-order valence-electron chi connectivity index (χ2n) is 13.6. The third-order valence-electron chi connectivity index (χ3n) is 9.78. The van der Waals surface area contributed by atoms with Gasteiger partial charge >= 0.3 is 11.9 Å². The van der Waals surface area contributed by atoms with Crippen LogP contribution in [0.15, 0.2) is 97.1 Å². The number of nitrogens with one attached hydrogen (secondary N) is 5. The van der Waals surface area contributed by atoms with Gasteiger partial charge in [0, 0.05) is 57.3 Å². The molecular formula is C40H41N9O7S4. The van der Waals surface area contributed by atoms with Gasteiger partial charge in [-0.15, -0.1) is 0 Å². The number of aromatic amines is 4. The molecule has 4 aromatic carbocycles. The van der Waals surface area contributed by atoms with Crippen molar-refractivity contribution in [1.82, 2.24) is 29.5 Å². The Morgan fingerprint density at radius 1 is 0.750 bits per heavy atom. The maximum atomic E-state index is 12.7. The fourth-order valence-electron chi connectivity index (χ4n) is 6.93. The lowest BCUT2D eigenvalue weighted by molar-refractivity contribution is -0.150. The molecule has 20 heteroatoms. The lowest BCUT2D eigenvalue weighted by Gasteiger charge is -2.21. The van der Waals surface area contributed by atoms with Crippen LogP contribution in [0.2, 0.25) is 0 Å². The summed E-state index contributed by atoms with van der Waals surface area (Å²) in [5.41, 5.74) is 6.68. The maximum Gasteiger partial charge on any atom is 0.337 e. The number of nitrogens with zero attached hydrogens (tertiary/aromatic N) is 4. The predicted molar refractivity (Wildman–Crippen MR) is 237 cm³/mol. The molecule has 60 heavy (non-hydrogen) atoms. The molecule has 1 amide bonds. The highest BCUT2D eigenvalue weighted by molar-refractivity contribution is 7.72. The first kappa shape index (κ1) is 43.5. The molecule has 312 valence electrons. The summed E-state index contributed by atoms with van der Waals surface area (Å²) in [6.45, 7) is 1.15. The zero-order chi connectivity index (χ0) is 43.1.